The first-order valence-electron chi connectivity index (χ1n) is 8.81. The van der Waals surface area contributed by atoms with E-state index in [4.69, 9.17) is 14.5 Å². The highest BCUT2D eigenvalue weighted by molar-refractivity contribution is 5.86. The molecule has 0 aliphatic heterocycles. The van der Waals surface area contributed by atoms with Crippen LogP contribution in [0.2, 0.25) is 0 Å². The van der Waals surface area contributed by atoms with Gasteiger partial charge in [0.05, 0.1) is 18.5 Å². The van der Waals surface area contributed by atoms with Crippen LogP contribution in [0.25, 0.3) is 22.3 Å². The summed E-state index contributed by atoms with van der Waals surface area (Å²) in [6.07, 6.45) is 1.81. The molecule has 0 saturated carbocycles. The van der Waals surface area contributed by atoms with Gasteiger partial charge in [-0.25, -0.2) is 4.98 Å². The van der Waals surface area contributed by atoms with Crippen molar-refractivity contribution in [2.75, 3.05) is 7.11 Å². The molecular formula is C23H20N2O2. The molecule has 0 amide bonds. The molecule has 0 aliphatic rings. The van der Waals surface area contributed by atoms with Crippen molar-refractivity contribution in [2.45, 2.75) is 13.5 Å². The number of pyridine rings is 2. The van der Waals surface area contributed by atoms with Crippen molar-refractivity contribution in [2.24, 2.45) is 0 Å². The average molecular weight is 356 g/mol. The molecule has 0 unspecified atom stereocenters. The highest BCUT2D eigenvalue weighted by atomic mass is 16.5. The summed E-state index contributed by atoms with van der Waals surface area (Å²) in [4.78, 5) is 9.26. The van der Waals surface area contributed by atoms with Crippen molar-refractivity contribution in [3.05, 3.63) is 84.1 Å². The molecule has 134 valence electrons. The van der Waals surface area contributed by atoms with E-state index in [0.29, 0.717) is 6.61 Å². The lowest BCUT2D eigenvalue weighted by molar-refractivity contribution is 0.308. The lowest BCUT2D eigenvalue weighted by Crippen LogP contribution is -1.98. The Morgan fingerprint density at radius 3 is 2.63 bits per heavy atom. The van der Waals surface area contributed by atoms with Gasteiger partial charge >= 0.3 is 0 Å². The van der Waals surface area contributed by atoms with Crippen LogP contribution in [0.5, 0.6) is 11.5 Å². The van der Waals surface area contributed by atoms with E-state index >= 15 is 0 Å². The summed E-state index contributed by atoms with van der Waals surface area (Å²) < 4.78 is 11.4. The van der Waals surface area contributed by atoms with Crippen molar-refractivity contribution < 1.29 is 9.47 Å². The molecule has 4 aromatic rings. The van der Waals surface area contributed by atoms with E-state index in [9.17, 15) is 0 Å². The van der Waals surface area contributed by atoms with E-state index < -0.39 is 0 Å². The second-order valence-corrected chi connectivity index (χ2v) is 6.38. The molecule has 2 aromatic heterocycles. The zero-order valence-corrected chi connectivity index (χ0v) is 15.3. The minimum atomic E-state index is 0.449. The highest BCUT2D eigenvalue weighted by Crippen LogP contribution is 2.28. The second-order valence-electron chi connectivity index (χ2n) is 6.38. The van der Waals surface area contributed by atoms with E-state index in [0.717, 1.165) is 44.9 Å². The normalized spacial score (nSPS) is 10.7. The molecule has 0 bridgehead atoms. The molecule has 4 rings (SSSR count). The first-order valence-corrected chi connectivity index (χ1v) is 8.81. The summed E-state index contributed by atoms with van der Waals surface area (Å²) in [7, 11) is 1.66. The third kappa shape index (κ3) is 3.75. The SMILES string of the molecule is COc1cccc(COc2cccc3ccc(-c4cc(C)ccn4)nc23)c1. The van der Waals surface area contributed by atoms with Crippen LogP contribution in [0.1, 0.15) is 11.1 Å². The largest absolute Gasteiger partial charge is 0.497 e. The molecule has 0 fully saturated rings. The molecule has 0 atom stereocenters. The van der Waals surface area contributed by atoms with Crippen molar-refractivity contribution in [1.29, 1.82) is 0 Å². The molecule has 4 heteroatoms. The number of hydrogen-bond donors (Lipinski definition) is 0. The minimum Gasteiger partial charge on any atom is -0.497 e. The van der Waals surface area contributed by atoms with Gasteiger partial charge in [0.15, 0.2) is 0 Å². The van der Waals surface area contributed by atoms with Gasteiger partial charge in [-0.1, -0.05) is 30.3 Å². The van der Waals surface area contributed by atoms with E-state index in [-0.39, 0.29) is 0 Å². The summed E-state index contributed by atoms with van der Waals surface area (Å²) >= 11 is 0. The van der Waals surface area contributed by atoms with Crippen LogP contribution >= 0.6 is 0 Å². The Balaban J connectivity index is 1.67. The van der Waals surface area contributed by atoms with Crippen molar-refractivity contribution in [3.63, 3.8) is 0 Å². The van der Waals surface area contributed by atoms with Gasteiger partial charge in [-0.05, 0) is 54.4 Å². The fraction of sp³-hybridized carbons (Fsp3) is 0.130. The summed E-state index contributed by atoms with van der Waals surface area (Å²) in [5, 5.41) is 1.04. The average Bonchev–Trinajstić information content (AvgIpc) is 2.72. The van der Waals surface area contributed by atoms with Gasteiger partial charge in [-0.3, -0.25) is 4.98 Å². The summed E-state index contributed by atoms with van der Waals surface area (Å²) in [6, 6.07) is 21.9. The first-order chi connectivity index (χ1) is 13.2. The van der Waals surface area contributed by atoms with Crippen LogP contribution < -0.4 is 9.47 Å². The Kier molecular flexibility index (Phi) is 4.71. The van der Waals surface area contributed by atoms with Crippen molar-refractivity contribution >= 4 is 10.9 Å². The number of aryl methyl sites for hydroxylation is 1. The minimum absolute atomic E-state index is 0.449. The fourth-order valence-electron chi connectivity index (χ4n) is 2.98. The first kappa shape index (κ1) is 17.0. The van der Waals surface area contributed by atoms with Gasteiger partial charge < -0.3 is 9.47 Å². The zero-order valence-electron chi connectivity index (χ0n) is 15.3. The number of ether oxygens (including phenoxy) is 2. The molecule has 0 N–H and O–H groups in total. The highest BCUT2D eigenvalue weighted by Gasteiger charge is 2.08. The number of rotatable bonds is 5. The molecule has 0 spiro atoms. The molecule has 0 saturated heterocycles. The molecular weight excluding hydrogens is 336 g/mol. The maximum atomic E-state index is 6.08. The summed E-state index contributed by atoms with van der Waals surface area (Å²) in [5.74, 6) is 1.57. The molecule has 4 nitrogen and oxygen atoms in total. The predicted octanol–water partition coefficient (Wildman–Crippen LogP) is 5.19. The van der Waals surface area contributed by atoms with E-state index in [1.807, 2.05) is 66.9 Å². The summed E-state index contributed by atoms with van der Waals surface area (Å²) in [5.41, 5.74) is 4.73. The maximum Gasteiger partial charge on any atom is 0.146 e. The number of fused-ring (bicyclic) bond motifs is 1. The Hall–Kier alpha value is -3.40. The smallest absolute Gasteiger partial charge is 0.146 e. The number of methoxy groups -OCH3 is 1. The lowest BCUT2D eigenvalue weighted by Gasteiger charge is -2.11. The number of hydrogen-bond acceptors (Lipinski definition) is 4. The number of aromatic nitrogens is 2. The van der Waals surface area contributed by atoms with Crippen LogP contribution in [0.3, 0.4) is 0 Å². The molecule has 2 aromatic carbocycles. The second kappa shape index (κ2) is 7.46. The van der Waals surface area contributed by atoms with Gasteiger partial charge in [0.1, 0.15) is 23.6 Å². The van der Waals surface area contributed by atoms with Crippen molar-refractivity contribution in [1.82, 2.24) is 9.97 Å². The zero-order chi connectivity index (χ0) is 18.6. The Morgan fingerprint density at radius 1 is 0.889 bits per heavy atom. The van der Waals surface area contributed by atoms with Gasteiger partial charge in [0.25, 0.3) is 0 Å². The maximum absolute atomic E-state index is 6.08. The number of para-hydroxylation sites is 1. The van der Waals surface area contributed by atoms with Crippen LogP contribution in [-0.2, 0) is 6.61 Å². The monoisotopic (exact) mass is 356 g/mol. The van der Waals surface area contributed by atoms with Crippen LogP contribution in [-0.4, -0.2) is 17.1 Å². The quantitative estimate of drug-likeness (QED) is 0.493. The third-order valence-electron chi connectivity index (χ3n) is 4.39. The van der Waals surface area contributed by atoms with Crippen LogP contribution in [0, 0.1) is 6.92 Å². The Labute approximate surface area is 158 Å². The fourth-order valence-corrected chi connectivity index (χ4v) is 2.98. The Morgan fingerprint density at radius 2 is 1.78 bits per heavy atom. The van der Waals surface area contributed by atoms with Gasteiger partial charge in [-0.2, -0.15) is 0 Å². The number of nitrogens with zero attached hydrogens (tertiary/aromatic N) is 2. The molecule has 27 heavy (non-hydrogen) atoms. The molecule has 0 aliphatic carbocycles. The van der Waals surface area contributed by atoms with E-state index in [1.165, 1.54) is 0 Å². The Bertz CT molecular complexity index is 1090. The van der Waals surface area contributed by atoms with Gasteiger partial charge in [0, 0.05) is 11.6 Å². The van der Waals surface area contributed by atoms with E-state index in [1.54, 1.807) is 7.11 Å². The van der Waals surface area contributed by atoms with Crippen molar-refractivity contribution in [3.8, 4) is 22.9 Å². The topological polar surface area (TPSA) is 44.2 Å². The standard InChI is InChI=1S/C23H20N2O2/c1-16-11-12-24-21(13-16)20-10-9-18-6-4-8-22(23(18)25-20)27-15-17-5-3-7-19(14-17)26-2/h3-14H,15H2,1-2H3. The third-order valence-corrected chi connectivity index (χ3v) is 4.39. The predicted molar refractivity (Wildman–Crippen MR) is 107 cm³/mol. The van der Waals surface area contributed by atoms with Crippen LogP contribution in [0.4, 0.5) is 0 Å². The van der Waals surface area contributed by atoms with Crippen LogP contribution in [0.15, 0.2) is 72.9 Å². The summed E-state index contributed by atoms with van der Waals surface area (Å²) in [6.45, 7) is 2.50. The van der Waals surface area contributed by atoms with Gasteiger partial charge in [0.2, 0.25) is 0 Å². The number of benzene rings is 2. The van der Waals surface area contributed by atoms with E-state index in [2.05, 4.69) is 18.0 Å². The molecule has 2 heterocycles. The molecule has 0 radical (unpaired) electrons. The lowest BCUT2D eigenvalue weighted by atomic mass is 10.1. The van der Waals surface area contributed by atoms with Gasteiger partial charge in [-0.15, -0.1) is 0 Å².